The number of hydrogen-bond acceptors (Lipinski definition) is 7. The molecule has 2 rings (SSSR count). The van der Waals surface area contributed by atoms with Crippen molar-refractivity contribution in [3.63, 3.8) is 0 Å². The van der Waals surface area contributed by atoms with Gasteiger partial charge in [0.2, 0.25) is 10.0 Å². The average molecular weight is 609 g/mol. The largest absolute Gasteiger partial charge is 0.497 e. The van der Waals surface area contributed by atoms with E-state index in [9.17, 15) is 23.1 Å². The van der Waals surface area contributed by atoms with Crippen LogP contribution in [0.4, 0.5) is 0 Å². The number of aliphatic hydroxyl groups is 1. The van der Waals surface area contributed by atoms with E-state index in [-0.39, 0.29) is 40.9 Å². The van der Waals surface area contributed by atoms with E-state index in [0.717, 1.165) is 6.42 Å². The standard InChI is InChI=1S/C29H42N3O7PS/c1-8-13-30-28(34)21-14-22(16-24(15-21)39-5)29(35)31-26(19-40(6)7)27(33)18-32(17-20(2)3)41(36,37)25-11-9-23(38-4)10-12-25/h9-12,14-16,20,26-27,33H,6,8,13,17-19H2,1-5,7H3,(H-,30,31,34,35)/p+1. The Labute approximate surface area is 244 Å². The maximum Gasteiger partial charge on any atom is 0.251 e. The number of carbonyl (C=O) groups excluding carboxylic acids is 2. The summed E-state index contributed by atoms with van der Waals surface area (Å²) in [5, 5.41) is 17.0. The number of nitrogens with zero attached hydrogens (tertiary/aromatic N) is 1. The fraction of sp³-hybridized carbons (Fsp3) is 0.483. The Hall–Kier alpha value is -2.98. The van der Waals surface area contributed by atoms with Crippen molar-refractivity contribution < 1.29 is 32.6 Å². The molecule has 2 amide bonds. The second-order valence-electron chi connectivity index (χ2n) is 10.3. The fourth-order valence-electron chi connectivity index (χ4n) is 4.08. The first-order valence-electron chi connectivity index (χ1n) is 13.4. The molecule has 10 nitrogen and oxygen atoms in total. The molecule has 0 radical (unpaired) electrons. The molecule has 0 aromatic heterocycles. The van der Waals surface area contributed by atoms with Crippen LogP contribution in [0.2, 0.25) is 0 Å². The topological polar surface area (TPSA) is 134 Å². The van der Waals surface area contributed by atoms with E-state index >= 15 is 0 Å². The number of carbonyl (C=O) groups is 2. The Balaban J connectivity index is 2.35. The van der Waals surface area contributed by atoms with Gasteiger partial charge < -0.3 is 25.2 Å². The molecule has 226 valence electrons. The molecule has 0 heterocycles. The molecule has 2 aromatic rings. The van der Waals surface area contributed by atoms with Gasteiger partial charge in [-0.25, -0.2) is 8.42 Å². The van der Waals surface area contributed by atoms with Gasteiger partial charge in [-0.1, -0.05) is 20.8 Å². The second-order valence-corrected chi connectivity index (χ2v) is 14.3. The van der Waals surface area contributed by atoms with E-state index in [1.807, 2.05) is 27.4 Å². The van der Waals surface area contributed by atoms with Gasteiger partial charge in [0.15, 0.2) is 0 Å². The van der Waals surface area contributed by atoms with E-state index in [4.69, 9.17) is 9.47 Å². The number of rotatable bonds is 16. The van der Waals surface area contributed by atoms with Gasteiger partial charge in [0.25, 0.3) is 11.8 Å². The van der Waals surface area contributed by atoms with Gasteiger partial charge in [-0.2, -0.15) is 4.31 Å². The van der Waals surface area contributed by atoms with Crippen molar-refractivity contribution in [2.75, 3.05) is 46.7 Å². The summed E-state index contributed by atoms with van der Waals surface area (Å²) in [7, 11) is -1.84. The molecule has 0 aliphatic rings. The quantitative estimate of drug-likeness (QED) is 0.249. The van der Waals surface area contributed by atoms with E-state index in [0.29, 0.717) is 24.2 Å². The molecule has 0 aliphatic carbocycles. The van der Waals surface area contributed by atoms with Crippen LogP contribution >= 0.6 is 7.55 Å². The van der Waals surface area contributed by atoms with Crippen LogP contribution in [0.1, 0.15) is 47.9 Å². The average Bonchev–Trinajstić information content (AvgIpc) is 2.94. The first-order valence-corrected chi connectivity index (χ1v) is 17.0. The van der Waals surface area contributed by atoms with Crippen molar-refractivity contribution in [1.29, 1.82) is 0 Å². The molecule has 3 atom stereocenters. The number of aliphatic hydroxyl groups excluding tert-OH is 1. The van der Waals surface area contributed by atoms with Crippen molar-refractivity contribution in [3.05, 3.63) is 53.6 Å². The lowest BCUT2D eigenvalue weighted by Crippen LogP contribution is -2.51. The highest BCUT2D eigenvalue weighted by atomic mass is 32.2. The van der Waals surface area contributed by atoms with Gasteiger partial charge in [0.1, 0.15) is 17.7 Å². The van der Waals surface area contributed by atoms with Gasteiger partial charge in [-0.15, -0.1) is 0 Å². The van der Waals surface area contributed by atoms with E-state index in [1.54, 1.807) is 18.2 Å². The summed E-state index contributed by atoms with van der Waals surface area (Å²) >= 11 is 0. The normalized spacial score (nSPS) is 13.4. The number of sulfonamides is 1. The summed E-state index contributed by atoms with van der Waals surface area (Å²) in [5.74, 6) is -0.0204. The minimum absolute atomic E-state index is 0.0199. The number of ether oxygens (including phenoxy) is 2. The molecule has 0 saturated heterocycles. The van der Waals surface area contributed by atoms with Crippen LogP contribution in [0.25, 0.3) is 0 Å². The lowest BCUT2D eigenvalue weighted by molar-refractivity contribution is 0.0809. The number of benzene rings is 2. The lowest BCUT2D eigenvalue weighted by Gasteiger charge is -2.29. The van der Waals surface area contributed by atoms with Crippen molar-refractivity contribution in [3.8, 4) is 11.5 Å². The number of nitrogens with one attached hydrogen (secondary N) is 2. The van der Waals surface area contributed by atoms with Crippen LogP contribution in [-0.2, 0) is 10.0 Å². The van der Waals surface area contributed by atoms with E-state index in [2.05, 4.69) is 16.9 Å². The zero-order valence-corrected chi connectivity index (χ0v) is 26.4. The Morgan fingerprint density at radius 1 is 1.00 bits per heavy atom. The van der Waals surface area contributed by atoms with Gasteiger partial charge in [-0.3, -0.25) is 9.59 Å². The first-order chi connectivity index (χ1) is 19.3. The van der Waals surface area contributed by atoms with Gasteiger partial charge in [0.05, 0.1) is 51.8 Å². The van der Waals surface area contributed by atoms with E-state index < -0.39 is 35.6 Å². The third-order valence-electron chi connectivity index (χ3n) is 6.15. The molecule has 3 N–H and O–H groups in total. The highest BCUT2D eigenvalue weighted by Gasteiger charge is 2.33. The van der Waals surface area contributed by atoms with Gasteiger partial charge >= 0.3 is 0 Å². The molecular weight excluding hydrogens is 565 g/mol. The molecule has 0 spiro atoms. The maximum absolute atomic E-state index is 13.6. The van der Waals surface area contributed by atoms with Gasteiger partial charge in [0, 0.05) is 30.8 Å². The third-order valence-corrected chi connectivity index (χ3v) is 9.01. The highest BCUT2D eigenvalue weighted by molar-refractivity contribution is 7.89. The van der Waals surface area contributed by atoms with Crippen LogP contribution in [0.15, 0.2) is 47.4 Å². The molecule has 0 aliphatic heterocycles. The summed E-state index contributed by atoms with van der Waals surface area (Å²) < 4.78 is 38.8. The Kier molecular flexibility index (Phi) is 13.2. The van der Waals surface area contributed by atoms with Crippen LogP contribution < -0.4 is 20.1 Å². The molecule has 0 saturated carbocycles. The van der Waals surface area contributed by atoms with Crippen LogP contribution in [0.5, 0.6) is 11.5 Å². The zero-order chi connectivity index (χ0) is 30.7. The summed E-state index contributed by atoms with van der Waals surface area (Å²) in [4.78, 5) is 26.0. The molecule has 2 aromatic carbocycles. The SMILES string of the molecule is C=[P+](C)CC(NC(=O)c1cc(OC)cc(C(=O)NCCC)c1)C(O)CN(CC(C)C)S(=O)(=O)c1ccc(OC)cc1. The predicted molar refractivity (Wildman–Crippen MR) is 164 cm³/mol. The van der Waals surface area contributed by atoms with Crippen molar-refractivity contribution in [2.45, 2.75) is 44.2 Å². The summed E-state index contributed by atoms with van der Waals surface area (Å²) in [5.41, 5.74) is 0.446. The first kappa shape index (κ1) is 34.2. The Bertz CT molecular complexity index is 1300. The maximum atomic E-state index is 13.6. The molecule has 12 heteroatoms. The summed E-state index contributed by atoms with van der Waals surface area (Å²) in [6.45, 7) is 8.05. The summed E-state index contributed by atoms with van der Waals surface area (Å²) in [6.07, 6.45) is 3.95. The van der Waals surface area contributed by atoms with Crippen LogP contribution in [-0.4, -0.2) is 94.8 Å². The third kappa shape index (κ3) is 10.1. The number of methoxy groups -OCH3 is 2. The monoisotopic (exact) mass is 608 g/mol. The number of amides is 2. The zero-order valence-electron chi connectivity index (χ0n) is 24.7. The fourth-order valence-corrected chi connectivity index (χ4v) is 6.71. The highest BCUT2D eigenvalue weighted by Crippen LogP contribution is 2.23. The number of hydrogen-bond donors (Lipinski definition) is 3. The van der Waals surface area contributed by atoms with Crippen LogP contribution in [0.3, 0.4) is 0 Å². The lowest BCUT2D eigenvalue weighted by atomic mass is 10.1. The van der Waals surface area contributed by atoms with Crippen molar-refractivity contribution >= 4 is 35.7 Å². The minimum Gasteiger partial charge on any atom is -0.497 e. The second kappa shape index (κ2) is 15.9. The Morgan fingerprint density at radius 2 is 1.59 bits per heavy atom. The Morgan fingerprint density at radius 3 is 2.10 bits per heavy atom. The van der Waals surface area contributed by atoms with E-state index in [1.165, 1.54) is 42.8 Å². The summed E-state index contributed by atoms with van der Waals surface area (Å²) in [6, 6.07) is 9.79. The van der Waals surface area contributed by atoms with Crippen LogP contribution in [0, 0.1) is 5.92 Å². The smallest absolute Gasteiger partial charge is 0.251 e. The molecule has 41 heavy (non-hydrogen) atoms. The van der Waals surface area contributed by atoms with Crippen molar-refractivity contribution in [2.24, 2.45) is 5.92 Å². The molecule has 3 unspecified atom stereocenters. The molecule has 0 fully saturated rings. The predicted octanol–water partition coefficient (Wildman–Crippen LogP) is 3.19. The molecular formula is C29H43N3O7PS+. The molecule has 0 bridgehead atoms. The minimum atomic E-state index is -3.96. The van der Waals surface area contributed by atoms with Gasteiger partial charge in [-0.05, 0) is 54.8 Å². The van der Waals surface area contributed by atoms with Crippen molar-refractivity contribution in [1.82, 2.24) is 14.9 Å².